The Bertz CT molecular complexity index is 259. The van der Waals surface area contributed by atoms with Gasteiger partial charge in [0, 0.05) is 0 Å². The van der Waals surface area contributed by atoms with Gasteiger partial charge in [-0.15, -0.1) is 0 Å². The molecule has 0 saturated carbocycles. The van der Waals surface area contributed by atoms with Gasteiger partial charge in [-0.3, -0.25) is 0 Å². The zero-order valence-corrected chi connectivity index (χ0v) is 12.0. The first-order valence-corrected chi connectivity index (χ1v) is 4.22. The van der Waals surface area contributed by atoms with Crippen molar-refractivity contribution in [2.45, 2.75) is 0 Å². The second-order valence-electron chi connectivity index (χ2n) is 1.83. The van der Waals surface area contributed by atoms with Gasteiger partial charge in [-0.25, -0.2) is 0 Å². The summed E-state index contributed by atoms with van der Waals surface area (Å²) in [6, 6.07) is 7.23. The van der Waals surface area contributed by atoms with Crippen LogP contribution in [0.25, 0.3) is 0 Å². The molecule has 1 aromatic carbocycles. The molecule has 12 heavy (non-hydrogen) atoms. The first-order chi connectivity index (χ1) is 4.61. The van der Waals surface area contributed by atoms with Crippen molar-refractivity contribution in [3.8, 4) is 0 Å². The van der Waals surface area contributed by atoms with Gasteiger partial charge in [0.1, 0.15) is 0 Å². The van der Waals surface area contributed by atoms with Gasteiger partial charge in [-0.05, 0) is 12.9 Å². The Labute approximate surface area is 115 Å². The third kappa shape index (κ3) is 5.18. The molecule has 0 bridgehead atoms. The van der Waals surface area contributed by atoms with Crippen molar-refractivity contribution in [2.75, 3.05) is 0 Å². The van der Waals surface area contributed by atoms with E-state index in [0.717, 1.165) is 0 Å². The first kappa shape index (κ1) is 15.8. The van der Waals surface area contributed by atoms with Crippen LogP contribution < -0.4 is 74.2 Å². The van der Waals surface area contributed by atoms with E-state index in [4.69, 9.17) is 0 Å². The molecular weight excluding hydrogens is 197 g/mol. The third-order valence-corrected chi connectivity index (χ3v) is 2.00. The van der Waals surface area contributed by atoms with Crippen molar-refractivity contribution in [3.63, 3.8) is 0 Å². The SMILES string of the molecule is O=P([O-])([O-])c1ccccc1.[Na+].[Na+]. The quantitative estimate of drug-likeness (QED) is 0.336. The maximum absolute atomic E-state index is 10.3. The molecule has 6 heteroatoms. The van der Waals surface area contributed by atoms with Gasteiger partial charge in [0.05, 0.1) is 0 Å². The van der Waals surface area contributed by atoms with Crippen LogP contribution >= 0.6 is 7.60 Å². The molecule has 3 nitrogen and oxygen atoms in total. The third-order valence-electron chi connectivity index (χ3n) is 1.07. The van der Waals surface area contributed by atoms with Gasteiger partial charge in [0.25, 0.3) is 0 Å². The maximum atomic E-state index is 10.3. The Hall–Kier alpha value is 1.37. The van der Waals surface area contributed by atoms with Crippen LogP contribution in [-0.2, 0) is 4.57 Å². The van der Waals surface area contributed by atoms with Crippen LogP contribution in [0.3, 0.4) is 0 Å². The summed E-state index contributed by atoms with van der Waals surface area (Å²) < 4.78 is 10.3. The number of hydrogen-bond acceptors (Lipinski definition) is 3. The molecule has 0 radical (unpaired) electrons. The molecular formula is C6H5Na2O3P. The van der Waals surface area contributed by atoms with Crippen LogP contribution in [0.2, 0.25) is 0 Å². The number of rotatable bonds is 1. The van der Waals surface area contributed by atoms with E-state index >= 15 is 0 Å². The van der Waals surface area contributed by atoms with Crippen molar-refractivity contribution in [1.29, 1.82) is 0 Å². The predicted molar refractivity (Wildman–Crippen MR) is 33.7 cm³/mol. The minimum Gasteiger partial charge on any atom is -0.807 e. The van der Waals surface area contributed by atoms with E-state index in [0.29, 0.717) is 0 Å². The molecule has 0 aliphatic heterocycles. The Balaban J connectivity index is 0. The van der Waals surface area contributed by atoms with E-state index in [9.17, 15) is 14.4 Å². The molecule has 0 aliphatic rings. The summed E-state index contributed by atoms with van der Waals surface area (Å²) in [5.41, 5.74) is 0. The van der Waals surface area contributed by atoms with Crippen molar-refractivity contribution < 1.29 is 73.5 Å². The van der Waals surface area contributed by atoms with Crippen molar-refractivity contribution in [2.24, 2.45) is 0 Å². The monoisotopic (exact) mass is 202 g/mol. The van der Waals surface area contributed by atoms with Crippen LogP contribution in [0.1, 0.15) is 0 Å². The van der Waals surface area contributed by atoms with E-state index in [2.05, 4.69) is 0 Å². The van der Waals surface area contributed by atoms with Crippen LogP contribution in [0.15, 0.2) is 30.3 Å². The Morgan fingerprint density at radius 2 is 1.42 bits per heavy atom. The summed E-state index contributed by atoms with van der Waals surface area (Å²) in [5.74, 6) is 0. The van der Waals surface area contributed by atoms with Crippen LogP contribution in [-0.4, -0.2) is 0 Å². The topological polar surface area (TPSA) is 63.2 Å². The molecule has 1 rings (SSSR count). The molecule has 0 amide bonds. The molecule has 0 aromatic heterocycles. The average molecular weight is 202 g/mol. The standard InChI is InChI=1S/C6H7O3P.2Na/c7-10(8,9)6-4-2-1-3-5-6;;/h1-5H,(H2,7,8,9);;/q;2*+1/p-2. The van der Waals surface area contributed by atoms with Crippen molar-refractivity contribution in [1.82, 2.24) is 0 Å². The number of benzene rings is 1. The molecule has 0 atom stereocenters. The van der Waals surface area contributed by atoms with E-state index in [1.54, 1.807) is 6.07 Å². The smallest absolute Gasteiger partial charge is 0.807 e. The Morgan fingerprint density at radius 1 is 1.00 bits per heavy atom. The van der Waals surface area contributed by atoms with E-state index in [1.807, 2.05) is 0 Å². The molecule has 0 heterocycles. The van der Waals surface area contributed by atoms with E-state index < -0.39 is 7.60 Å². The van der Waals surface area contributed by atoms with E-state index in [-0.39, 0.29) is 64.4 Å². The van der Waals surface area contributed by atoms with Crippen LogP contribution in [0.5, 0.6) is 0 Å². The van der Waals surface area contributed by atoms with Gasteiger partial charge < -0.3 is 14.4 Å². The van der Waals surface area contributed by atoms with Crippen LogP contribution in [0.4, 0.5) is 0 Å². The first-order valence-electron chi connectivity index (χ1n) is 2.68. The summed E-state index contributed by atoms with van der Waals surface area (Å²) in [5, 5.41) is -0.157. The zero-order chi connectivity index (χ0) is 7.61. The number of hydrogen-bond donors (Lipinski definition) is 0. The van der Waals surface area contributed by atoms with Crippen LogP contribution in [0, 0.1) is 0 Å². The van der Waals surface area contributed by atoms with Gasteiger partial charge in [-0.1, -0.05) is 30.3 Å². The zero-order valence-electron chi connectivity index (χ0n) is 7.06. The summed E-state index contributed by atoms with van der Waals surface area (Å²) in [7, 11) is -4.52. The fourth-order valence-electron chi connectivity index (χ4n) is 0.611. The van der Waals surface area contributed by atoms with Gasteiger partial charge in [-0.2, -0.15) is 0 Å². The second-order valence-corrected chi connectivity index (χ2v) is 3.34. The largest absolute Gasteiger partial charge is 1.00 e. The van der Waals surface area contributed by atoms with Gasteiger partial charge >= 0.3 is 59.1 Å². The Morgan fingerprint density at radius 3 is 1.67 bits per heavy atom. The molecule has 0 aliphatic carbocycles. The molecule has 0 saturated heterocycles. The molecule has 0 fully saturated rings. The fourth-order valence-corrected chi connectivity index (χ4v) is 1.15. The summed E-state index contributed by atoms with van der Waals surface area (Å²) in [6.07, 6.45) is 0. The fraction of sp³-hybridized carbons (Fsp3) is 0. The second kappa shape index (κ2) is 6.77. The molecule has 0 unspecified atom stereocenters. The molecule has 0 spiro atoms. The summed E-state index contributed by atoms with van der Waals surface area (Å²) >= 11 is 0. The average Bonchev–Trinajstić information content (AvgIpc) is 1.88. The minimum absolute atomic E-state index is 0. The van der Waals surface area contributed by atoms with Gasteiger partial charge in [0.2, 0.25) is 0 Å². The molecule has 54 valence electrons. The summed E-state index contributed by atoms with van der Waals surface area (Å²) in [6.45, 7) is 0. The summed E-state index contributed by atoms with van der Waals surface area (Å²) in [4.78, 5) is 20.6. The molecule has 0 N–H and O–H groups in total. The van der Waals surface area contributed by atoms with Crippen molar-refractivity contribution in [3.05, 3.63) is 30.3 Å². The maximum Gasteiger partial charge on any atom is 1.00 e. The van der Waals surface area contributed by atoms with Crippen molar-refractivity contribution >= 4 is 12.9 Å². The van der Waals surface area contributed by atoms with E-state index in [1.165, 1.54) is 24.3 Å². The normalized spacial score (nSPS) is 9.50. The predicted octanol–water partition coefficient (Wildman–Crippen LogP) is -6.77. The van der Waals surface area contributed by atoms with Gasteiger partial charge in [0.15, 0.2) is 0 Å². The Kier molecular flexibility index (Phi) is 8.93. The molecule has 1 aromatic rings. The minimum atomic E-state index is -4.52.